The molecule has 4 aliphatic carbocycles. The van der Waals surface area contributed by atoms with Crippen LogP contribution in [0.3, 0.4) is 0 Å². The molecule has 284 valence electrons. The average molecular weight is 703 g/mol. The van der Waals surface area contributed by atoms with Gasteiger partial charge in [0, 0.05) is 18.6 Å². The first kappa shape index (κ1) is 35.6. The second kappa shape index (κ2) is 13.0. The topological polar surface area (TPSA) is 209 Å². The van der Waals surface area contributed by atoms with Gasteiger partial charge < -0.3 is 59.1 Å². The molecule has 14 unspecified atom stereocenters. The summed E-state index contributed by atoms with van der Waals surface area (Å²) in [7, 11) is 0. The van der Waals surface area contributed by atoms with Crippen molar-refractivity contribution in [2.75, 3.05) is 6.61 Å². The van der Waals surface area contributed by atoms with Gasteiger partial charge in [-0.25, -0.2) is 4.79 Å². The zero-order chi connectivity index (χ0) is 35.0. The molecule has 1 aromatic rings. The van der Waals surface area contributed by atoms with E-state index in [1.54, 1.807) is 13.2 Å². The van der Waals surface area contributed by atoms with Crippen LogP contribution in [0.2, 0.25) is 0 Å². The number of ether oxygens (including phenoxy) is 4. The lowest BCUT2D eigenvalue weighted by atomic mass is 9.45. The molecule has 3 heterocycles. The van der Waals surface area contributed by atoms with E-state index in [1.165, 1.54) is 11.6 Å². The quantitative estimate of drug-likeness (QED) is 0.212. The van der Waals surface area contributed by atoms with Crippen molar-refractivity contribution in [3.8, 4) is 0 Å². The van der Waals surface area contributed by atoms with Crippen LogP contribution < -0.4 is 5.63 Å². The van der Waals surface area contributed by atoms with Crippen LogP contribution in [0.15, 0.2) is 39.3 Å². The highest BCUT2D eigenvalue weighted by atomic mass is 16.7. The molecule has 13 nitrogen and oxygen atoms in total. The molecule has 0 amide bonds. The van der Waals surface area contributed by atoms with Crippen LogP contribution in [0, 0.1) is 22.7 Å². The molecule has 49 heavy (non-hydrogen) atoms. The number of fused-ring (bicyclic) bond motifs is 5. The van der Waals surface area contributed by atoms with E-state index in [2.05, 4.69) is 19.9 Å². The molecule has 0 radical (unpaired) electrons. The van der Waals surface area contributed by atoms with Crippen LogP contribution >= 0.6 is 0 Å². The summed E-state index contributed by atoms with van der Waals surface area (Å²) in [5, 5.41) is 75.1. The fraction of sp³-hybridized carbons (Fsp3) is 0.806. The fourth-order valence-electron chi connectivity index (χ4n) is 10.7. The third-order valence-electron chi connectivity index (χ3n) is 13.6. The van der Waals surface area contributed by atoms with E-state index in [1.807, 2.05) is 6.07 Å². The molecule has 0 bridgehead atoms. The summed E-state index contributed by atoms with van der Waals surface area (Å²) in [5.74, 6) is 0.549. The number of hydrogen-bond acceptors (Lipinski definition) is 13. The molecule has 0 spiro atoms. The molecule has 3 saturated carbocycles. The van der Waals surface area contributed by atoms with Crippen LogP contribution in [0.25, 0.3) is 0 Å². The highest BCUT2D eigenvalue weighted by molar-refractivity contribution is 5.31. The highest BCUT2D eigenvalue weighted by Crippen LogP contribution is 2.70. The van der Waals surface area contributed by atoms with E-state index in [0.717, 1.165) is 44.1 Å². The van der Waals surface area contributed by atoms with Gasteiger partial charge >= 0.3 is 5.63 Å². The van der Waals surface area contributed by atoms with Crippen molar-refractivity contribution in [1.29, 1.82) is 0 Å². The van der Waals surface area contributed by atoms with Crippen LogP contribution in [0.4, 0.5) is 0 Å². The first-order valence-electron chi connectivity index (χ1n) is 17.9. The van der Waals surface area contributed by atoms with Gasteiger partial charge in [0.05, 0.1) is 30.7 Å². The zero-order valence-corrected chi connectivity index (χ0v) is 28.3. The van der Waals surface area contributed by atoms with Gasteiger partial charge in [0.25, 0.3) is 0 Å². The second-order valence-corrected chi connectivity index (χ2v) is 15.9. The maximum absolute atomic E-state index is 12.5. The predicted octanol–water partition coefficient (Wildman–Crippen LogP) is 2.07. The molecule has 6 aliphatic rings. The molecule has 2 saturated heterocycles. The Balaban J connectivity index is 0.00000202. The molecular weight excluding hydrogens is 640 g/mol. The smallest absolute Gasteiger partial charge is 0.335 e. The summed E-state index contributed by atoms with van der Waals surface area (Å²) in [6, 6.07) is 3.32. The minimum absolute atomic E-state index is 0. The van der Waals surface area contributed by atoms with E-state index in [4.69, 9.17) is 23.4 Å². The van der Waals surface area contributed by atoms with Gasteiger partial charge in [-0.05, 0) is 93.1 Å². The van der Waals surface area contributed by atoms with Crippen LogP contribution in [-0.4, -0.2) is 115 Å². The summed E-state index contributed by atoms with van der Waals surface area (Å²) in [6.07, 6.45) is -3.95. The minimum atomic E-state index is -1.70. The molecular formula is C36H62O13. The fourth-order valence-corrected chi connectivity index (χ4v) is 10.7. The summed E-state index contributed by atoms with van der Waals surface area (Å²) >= 11 is 0. The predicted molar refractivity (Wildman–Crippen MR) is 181 cm³/mol. The Labute approximate surface area is 292 Å². The van der Waals surface area contributed by atoms with Gasteiger partial charge in [-0.2, -0.15) is 0 Å². The third-order valence-corrected chi connectivity index (χ3v) is 13.6. The van der Waals surface area contributed by atoms with Crippen molar-refractivity contribution in [3.05, 3.63) is 46.0 Å². The zero-order valence-electron chi connectivity index (χ0n) is 28.3. The van der Waals surface area contributed by atoms with Gasteiger partial charge in [-0.15, -0.1) is 0 Å². The Hall–Kier alpha value is -1.75. The number of rotatable bonds is 6. The van der Waals surface area contributed by atoms with Crippen molar-refractivity contribution in [3.63, 3.8) is 0 Å². The van der Waals surface area contributed by atoms with E-state index in [0.29, 0.717) is 18.8 Å². The van der Waals surface area contributed by atoms with Crippen molar-refractivity contribution < 1.29 is 66.2 Å². The molecule has 2 aliphatic heterocycles. The van der Waals surface area contributed by atoms with Gasteiger partial charge in [-0.1, -0.05) is 25.5 Å². The normalized spacial score (nSPS) is 51.3. The summed E-state index contributed by atoms with van der Waals surface area (Å²) in [6.45, 7) is 5.49. The molecule has 7 N–H and O–H groups in total. The van der Waals surface area contributed by atoms with Crippen molar-refractivity contribution in [1.82, 2.24) is 0 Å². The average Bonchev–Trinajstić information content (AvgIpc) is 3.36. The molecule has 1 aromatic heterocycles. The highest BCUT2D eigenvalue weighted by Gasteiger charge is 2.67. The van der Waals surface area contributed by atoms with Crippen molar-refractivity contribution in [2.24, 2.45) is 22.7 Å². The minimum Gasteiger partial charge on any atom is -0.431 e. The standard InChI is InChI=1S/C36H52O13.5H2/c1-17-26(39)31(49-32-29(42)28(41)27(40)24(15-37)48-32)30(43)33(46-17)47-20-8-11-34(2)19(14-20)5-6-23-22(34)9-12-35(3)21(10-13-36(23,35)44)18-4-7-25(38)45-16-18;;;;;/h4,7,14,16-17,20-24,26-33,37,39-44H,5-6,8-13,15H2,1-3H3;5*1H/t17-,20?,21?,22?,23?,24?,26?,27?,28?,29?,30?,31?,32?,33?,34?,35-,36+;;;;;/m1...../s1. The summed E-state index contributed by atoms with van der Waals surface area (Å²) in [5.41, 5.74) is 0.613. The van der Waals surface area contributed by atoms with E-state index in [-0.39, 0.29) is 41.5 Å². The molecule has 17 atom stereocenters. The van der Waals surface area contributed by atoms with Gasteiger partial charge in [0.1, 0.15) is 42.7 Å². The summed E-state index contributed by atoms with van der Waals surface area (Å²) in [4.78, 5) is 11.6. The summed E-state index contributed by atoms with van der Waals surface area (Å²) < 4.78 is 28.7. The lowest BCUT2D eigenvalue weighted by molar-refractivity contribution is -0.359. The Morgan fingerprint density at radius 1 is 0.857 bits per heavy atom. The van der Waals surface area contributed by atoms with E-state index >= 15 is 0 Å². The Bertz CT molecular complexity index is 1450. The third kappa shape index (κ3) is 5.68. The number of hydrogen-bond donors (Lipinski definition) is 7. The lowest BCUT2D eigenvalue weighted by Crippen LogP contribution is -2.64. The van der Waals surface area contributed by atoms with Crippen LogP contribution in [0.5, 0.6) is 0 Å². The van der Waals surface area contributed by atoms with Gasteiger partial charge in [0.2, 0.25) is 0 Å². The Morgan fingerprint density at radius 3 is 2.33 bits per heavy atom. The van der Waals surface area contributed by atoms with Crippen molar-refractivity contribution >= 4 is 0 Å². The number of aliphatic hydroxyl groups is 7. The van der Waals surface area contributed by atoms with E-state index < -0.39 is 73.6 Å². The SMILES string of the molecule is C[C@H]1OC(OC2C=C3CCC4C(CC[C@]5(C)C(c6ccc(=O)oc6)CC[C@]45O)C3(C)CC2)C(O)C(OC2OC(CO)C(O)C(O)C2O)C1O.[HH].[HH].[HH].[HH].[HH]. The maximum atomic E-state index is 12.5. The first-order chi connectivity index (χ1) is 23.2. The maximum Gasteiger partial charge on any atom is 0.335 e. The first-order valence-corrected chi connectivity index (χ1v) is 17.9. The van der Waals surface area contributed by atoms with Crippen molar-refractivity contribution in [2.45, 2.75) is 151 Å². The molecule has 5 fully saturated rings. The number of aliphatic hydroxyl groups excluding tert-OH is 6. The molecule has 7 rings (SSSR count). The van der Waals surface area contributed by atoms with Crippen LogP contribution in [0.1, 0.15) is 90.8 Å². The number of allylic oxidation sites excluding steroid dienone is 1. The Kier molecular flexibility index (Phi) is 9.48. The largest absolute Gasteiger partial charge is 0.431 e. The van der Waals surface area contributed by atoms with Gasteiger partial charge in [0.15, 0.2) is 12.6 Å². The van der Waals surface area contributed by atoms with Gasteiger partial charge in [-0.3, -0.25) is 0 Å². The lowest BCUT2D eigenvalue weighted by Gasteiger charge is -2.62. The second-order valence-electron chi connectivity index (χ2n) is 15.9. The molecule has 13 heteroatoms. The monoisotopic (exact) mass is 702 g/mol. The van der Waals surface area contributed by atoms with Crippen LogP contribution in [-0.2, 0) is 18.9 Å². The van der Waals surface area contributed by atoms with E-state index in [9.17, 15) is 40.5 Å². The Morgan fingerprint density at radius 2 is 1.61 bits per heavy atom. The molecule has 0 aromatic carbocycles.